The van der Waals surface area contributed by atoms with Crippen molar-refractivity contribution in [1.29, 1.82) is 0 Å². The maximum Gasteiger partial charge on any atom is 0.573 e. The first-order valence-corrected chi connectivity index (χ1v) is 10.4. The number of rotatable bonds is 3. The van der Waals surface area contributed by atoms with E-state index in [4.69, 9.17) is 4.74 Å². The van der Waals surface area contributed by atoms with Crippen LogP contribution in [-0.2, 0) is 4.74 Å². The highest BCUT2D eigenvalue weighted by Gasteiger charge is 2.48. The number of alkyl halides is 3. The Balaban J connectivity index is 1.28. The summed E-state index contributed by atoms with van der Waals surface area (Å²) in [4.78, 5) is 26.2. The normalized spacial score (nSPS) is 23.7. The lowest BCUT2D eigenvalue weighted by atomic mass is 9.78. The minimum Gasteiger partial charge on any atom is -0.441 e. The summed E-state index contributed by atoms with van der Waals surface area (Å²) in [7, 11) is 0. The summed E-state index contributed by atoms with van der Waals surface area (Å²) in [5.41, 5.74) is 1.34. The first-order chi connectivity index (χ1) is 15.2. The number of halogens is 3. The molecule has 0 unspecified atom stereocenters. The number of hydrogen-bond donors (Lipinski definition) is 1. The molecule has 3 heterocycles. The van der Waals surface area contributed by atoms with Gasteiger partial charge in [0.15, 0.2) is 0 Å². The van der Waals surface area contributed by atoms with E-state index in [1.165, 1.54) is 18.2 Å². The van der Waals surface area contributed by atoms with Crippen LogP contribution in [0.3, 0.4) is 0 Å². The van der Waals surface area contributed by atoms with Gasteiger partial charge in [0.1, 0.15) is 23.0 Å². The molecule has 1 saturated carbocycles. The Morgan fingerprint density at radius 3 is 2.69 bits per heavy atom. The van der Waals surface area contributed by atoms with Gasteiger partial charge in [0, 0.05) is 17.7 Å². The van der Waals surface area contributed by atoms with E-state index in [-0.39, 0.29) is 17.8 Å². The third-order valence-electron chi connectivity index (χ3n) is 6.11. The number of ether oxygens (including phenoxy) is 2. The van der Waals surface area contributed by atoms with Crippen LogP contribution in [0.2, 0.25) is 0 Å². The molecule has 2 aromatic heterocycles. The third-order valence-corrected chi connectivity index (χ3v) is 6.11. The van der Waals surface area contributed by atoms with Crippen molar-refractivity contribution in [2.75, 3.05) is 11.4 Å². The van der Waals surface area contributed by atoms with Crippen molar-refractivity contribution >= 4 is 22.9 Å². The van der Waals surface area contributed by atoms with Crippen molar-refractivity contribution in [3.63, 3.8) is 0 Å². The molecule has 1 saturated heterocycles. The fourth-order valence-corrected chi connectivity index (χ4v) is 4.56. The lowest BCUT2D eigenvalue weighted by Gasteiger charge is -2.34. The molecule has 2 aliphatic rings. The molecule has 1 aliphatic heterocycles. The lowest BCUT2D eigenvalue weighted by molar-refractivity contribution is -0.274. The number of aromatic nitrogens is 3. The number of imidazole rings is 1. The van der Waals surface area contributed by atoms with Crippen LogP contribution in [0.4, 0.5) is 23.8 Å². The molecule has 5 rings (SSSR count). The van der Waals surface area contributed by atoms with Crippen LogP contribution < -0.4 is 9.64 Å². The maximum atomic E-state index is 12.5. The number of carbonyl (C=O) groups is 1. The van der Waals surface area contributed by atoms with Gasteiger partial charge in [-0.05, 0) is 56.9 Å². The van der Waals surface area contributed by atoms with E-state index in [0.717, 1.165) is 24.4 Å². The summed E-state index contributed by atoms with van der Waals surface area (Å²) in [5, 5.41) is 0. The highest BCUT2D eigenvalue weighted by Crippen LogP contribution is 2.43. The summed E-state index contributed by atoms with van der Waals surface area (Å²) in [5.74, 6) is 1.12. The molecule has 168 valence electrons. The van der Waals surface area contributed by atoms with E-state index >= 15 is 0 Å². The molecular formula is C22H21F3N4O3. The van der Waals surface area contributed by atoms with Crippen LogP contribution in [0, 0.1) is 6.92 Å². The number of nitrogens with one attached hydrogen (secondary N) is 1. The zero-order valence-corrected chi connectivity index (χ0v) is 17.3. The van der Waals surface area contributed by atoms with E-state index < -0.39 is 12.0 Å². The number of nitrogens with zero attached hydrogens (tertiary/aromatic N) is 3. The van der Waals surface area contributed by atoms with Gasteiger partial charge in [-0.2, -0.15) is 0 Å². The second-order valence-electron chi connectivity index (χ2n) is 8.40. The molecule has 1 aliphatic carbocycles. The number of H-pyrrole nitrogens is 1. The molecule has 1 amide bonds. The molecular weight excluding hydrogens is 425 g/mol. The molecule has 32 heavy (non-hydrogen) atoms. The van der Waals surface area contributed by atoms with E-state index in [1.807, 2.05) is 19.1 Å². The summed E-state index contributed by atoms with van der Waals surface area (Å²) in [6, 6.07) is 9.59. The SMILES string of the molecule is Cc1cccc(N2C[C@]3(CC[C@@H](c4nc5ccc(OC(F)(F)F)cc5[nH]4)CC3)OC2=O)n1. The Labute approximate surface area is 181 Å². The summed E-state index contributed by atoms with van der Waals surface area (Å²) >= 11 is 0. The Morgan fingerprint density at radius 1 is 1.19 bits per heavy atom. The topological polar surface area (TPSA) is 80.3 Å². The first-order valence-electron chi connectivity index (χ1n) is 10.4. The van der Waals surface area contributed by atoms with E-state index in [0.29, 0.717) is 36.2 Å². The summed E-state index contributed by atoms with van der Waals surface area (Å²) in [6.07, 6.45) is -2.30. The summed E-state index contributed by atoms with van der Waals surface area (Å²) < 4.78 is 47.2. The van der Waals surface area contributed by atoms with Crippen LogP contribution in [0.5, 0.6) is 5.75 Å². The van der Waals surface area contributed by atoms with E-state index in [2.05, 4.69) is 19.7 Å². The minimum absolute atomic E-state index is 0.102. The van der Waals surface area contributed by atoms with Crippen LogP contribution in [0.25, 0.3) is 11.0 Å². The Hall–Kier alpha value is -3.30. The summed E-state index contributed by atoms with van der Waals surface area (Å²) in [6.45, 7) is 2.32. The molecule has 0 bridgehead atoms. The lowest BCUT2D eigenvalue weighted by Crippen LogP contribution is -2.38. The quantitative estimate of drug-likeness (QED) is 0.597. The zero-order valence-electron chi connectivity index (χ0n) is 17.3. The highest BCUT2D eigenvalue weighted by atomic mass is 19.4. The molecule has 3 aromatic rings. The van der Waals surface area contributed by atoms with E-state index in [1.54, 1.807) is 11.0 Å². The fraction of sp³-hybridized carbons (Fsp3) is 0.409. The molecule has 0 radical (unpaired) electrons. The van der Waals surface area contributed by atoms with Gasteiger partial charge < -0.3 is 14.5 Å². The number of aromatic amines is 1. The van der Waals surface area contributed by atoms with Crippen molar-refractivity contribution in [2.45, 2.75) is 50.5 Å². The van der Waals surface area contributed by atoms with Crippen molar-refractivity contribution < 1.29 is 27.4 Å². The number of fused-ring (bicyclic) bond motifs is 1. The van der Waals surface area contributed by atoms with Crippen molar-refractivity contribution in [1.82, 2.24) is 15.0 Å². The van der Waals surface area contributed by atoms with Gasteiger partial charge in [-0.15, -0.1) is 13.2 Å². The van der Waals surface area contributed by atoms with Crippen LogP contribution >= 0.6 is 0 Å². The smallest absolute Gasteiger partial charge is 0.441 e. The van der Waals surface area contributed by atoms with Crippen LogP contribution in [-0.4, -0.2) is 39.6 Å². The molecule has 2 fully saturated rings. The Kier molecular flexibility index (Phi) is 4.75. The first kappa shape index (κ1) is 20.6. The minimum atomic E-state index is -4.74. The van der Waals surface area contributed by atoms with Gasteiger partial charge in [0.2, 0.25) is 0 Å². The Morgan fingerprint density at radius 2 is 1.97 bits per heavy atom. The number of amides is 1. The molecule has 1 aromatic carbocycles. The van der Waals surface area contributed by atoms with Gasteiger partial charge >= 0.3 is 12.5 Å². The van der Waals surface area contributed by atoms with Crippen molar-refractivity contribution in [3.8, 4) is 5.75 Å². The van der Waals surface area contributed by atoms with Crippen LogP contribution in [0.1, 0.15) is 43.1 Å². The largest absolute Gasteiger partial charge is 0.573 e. The standard InChI is InChI=1S/C22H21F3N4O3/c1-13-3-2-4-18(26-13)29-12-21(32-20(29)30)9-7-14(8-10-21)19-27-16-6-5-15(11-17(16)28-19)31-22(23,24)25/h2-6,11,14H,7-10,12H2,1H3,(H,27,28)/t14-,21-. The predicted octanol–water partition coefficient (Wildman–Crippen LogP) is 5.22. The van der Waals surface area contributed by atoms with Gasteiger partial charge in [0.25, 0.3) is 0 Å². The molecule has 10 heteroatoms. The van der Waals surface area contributed by atoms with Crippen LogP contribution in [0.15, 0.2) is 36.4 Å². The van der Waals surface area contributed by atoms with E-state index in [9.17, 15) is 18.0 Å². The molecule has 1 N–H and O–H groups in total. The number of anilines is 1. The number of pyridine rings is 1. The Bertz CT molecular complexity index is 1170. The van der Waals surface area contributed by atoms with Gasteiger partial charge in [-0.1, -0.05) is 6.07 Å². The number of aryl methyl sites for hydroxylation is 1. The molecule has 0 atom stereocenters. The third kappa shape index (κ3) is 3.96. The highest BCUT2D eigenvalue weighted by molar-refractivity contribution is 5.89. The average Bonchev–Trinajstić information content (AvgIpc) is 3.28. The number of hydrogen-bond acceptors (Lipinski definition) is 5. The predicted molar refractivity (Wildman–Crippen MR) is 110 cm³/mol. The second kappa shape index (κ2) is 7.39. The molecule has 1 spiro atoms. The van der Waals surface area contributed by atoms with Gasteiger partial charge in [-0.25, -0.2) is 14.8 Å². The van der Waals surface area contributed by atoms with Crippen molar-refractivity contribution in [3.05, 3.63) is 47.9 Å². The van der Waals surface area contributed by atoms with Gasteiger partial charge in [0.05, 0.1) is 17.6 Å². The molecule has 7 nitrogen and oxygen atoms in total. The van der Waals surface area contributed by atoms with Gasteiger partial charge in [-0.3, -0.25) is 4.90 Å². The monoisotopic (exact) mass is 446 g/mol. The maximum absolute atomic E-state index is 12.5. The average molecular weight is 446 g/mol. The second-order valence-corrected chi connectivity index (χ2v) is 8.40. The zero-order chi connectivity index (χ0) is 22.5. The fourth-order valence-electron chi connectivity index (χ4n) is 4.56. The van der Waals surface area contributed by atoms with Crippen molar-refractivity contribution in [2.24, 2.45) is 0 Å². The number of benzene rings is 1. The number of carbonyl (C=O) groups excluding carboxylic acids is 1.